The largest absolute Gasteiger partial charge is 0.339 e. The summed E-state index contributed by atoms with van der Waals surface area (Å²) in [4.78, 5) is 28.9. The maximum atomic E-state index is 10.9. The van der Waals surface area contributed by atoms with Crippen LogP contribution in [0.3, 0.4) is 0 Å². The molecule has 0 atom stereocenters. The molecular weight excluding hydrogens is 396 g/mol. The number of hydrogen-bond acceptors (Lipinski definition) is 5. The minimum Gasteiger partial charge on any atom is -0.339 e. The van der Waals surface area contributed by atoms with E-state index in [1.54, 1.807) is 24.3 Å². The fourth-order valence-corrected chi connectivity index (χ4v) is 3.65. The molecule has 0 aliphatic rings. The highest BCUT2D eigenvalue weighted by Crippen LogP contribution is 2.32. The third-order valence-electron chi connectivity index (χ3n) is 5.24. The van der Waals surface area contributed by atoms with Crippen LogP contribution in [0.15, 0.2) is 78.9 Å². The third-order valence-corrected chi connectivity index (χ3v) is 5.24. The van der Waals surface area contributed by atoms with Crippen LogP contribution < -0.4 is 0 Å². The van der Waals surface area contributed by atoms with Crippen molar-refractivity contribution in [3.8, 4) is 22.4 Å². The smallest absolute Gasteiger partial charge is 0.269 e. The van der Waals surface area contributed by atoms with Crippen LogP contribution in [0.2, 0.25) is 0 Å². The van der Waals surface area contributed by atoms with Crippen LogP contribution in [-0.4, -0.2) is 19.8 Å². The summed E-state index contributed by atoms with van der Waals surface area (Å²) in [5.41, 5.74) is 5.07. The molecule has 0 radical (unpaired) electrons. The van der Waals surface area contributed by atoms with E-state index < -0.39 is 9.85 Å². The van der Waals surface area contributed by atoms with Crippen molar-refractivity contribution in [3.05, 3.63) is 99.1 Å². The van der Waals surface area contributed by atoms with Crippen molar-refractivity contribution in [2.45, 2.75) is 0 Å². The lowest BCUT2D eigenvalue weighted by atomic mass is 10.0. The van der Waals surface area contributed by atoms with Crippen LogP contribution in [0.25, 0.3) is 44.3 Å². The number of fused-ring (bicyclic) bond motifs is 3. The predicted octanol–water partition coefficient (Wildman–Crippen LogP) is 5.87. The number of aromatic amines is 1. The average molecular weight is 410 g/mol. The molecule has 0 fully saturated rings. The molecule has 2 aromatic heterocycles. The molecule has 0 saturated heterocycles. The summed E-state index contributed by atoms with van der Waals surface area (Å²) in [5, 5.41) is 23.7. The molecule has 0 aliphatic carbocycles. The standard InChI is InChI=1S/C23H14N4O4/c28-26(29)17-6-1-14(2-7-17)16-5-11-22-20(13-16)19-10-12-21(24-23(19)25-22)15-3-8-18(9-4-15)27(30)31/h1-13H,(H,24,25). The Bertz CT molecular complexity index is 1470. The van der Waals surface area contributed by atoms with Crippen LogP contribution in [0.5, 0.6) is 0 Å². The number of benzene rings is 3. The van der Waals surface area contributed by atoms with Gasteiger partial charge >= 0.3 is 0 Å². The molecule has 0 aliphatic heterocycles. The van der Waals surface area contributed by atoms with E-state index in [0.29, 0.717) is 11.3 Å². The first-order valence-corrected chi connectivity index (χ1v) is 9.42. The Hall–Kier alpha value is -4.59. The lowest BCUT2D eigenvalue weighted by Gasteiger charge is -2.03. The number of nitro benzene ring substituents is 2. The normalized spacial score (nSPS) is 11.1. The van der Waals surface area contributed by atoms with E-state index in [0.717, 1.165) is 33.0 Å². The number of hydrogen-bond donors (Lipinski definition) is 1. The molecule has 2 heterocycles. The molecule has 5 rings (SSSR count). The van der Waals surface area contributed by atoms with Crippen LogP contribution in [0.4, 0.5) is 11.4 Å². The van der Waals surface area contributed by atoms with E-state index in [4.69, 9.17) is 4.98 Å². The molecule has 0 spiro atoms. The Balaban J connectivity index is 1.55. The van der Waals surface area contributed by atoms with E-state index in [1.807, 2.05) is 30.3 Å². The number of nitro groups is 2. The van der Waals surface area contributed by atoms with Gasteiger partial charge in [-0.3, -0.25) is 20.2 Å². The highest BCUT2D eigenvalue weighted by Gasteiger charge is 2.11. The summed E-state index contributed by atoms with van der Waals surface area (Å²) < 4.78 is 0. The molecule has 0 saturated carbocycles. The van der Waals surface area contributed by atoms with Gasteiger partial charge in [0.1, 0.15) is 5.65 Å². The molecule has 5 aromatic rings. The fraction of sp³-hybridized carbons (Fsp3) is 0. The molecular formula is C23H14N4O4. The van der Waals surface area contributed by atoms with Crippen molar-refractivity contribution < 1.29 is 9.85 Å². The Kier molecular flexibility index (Phi) is 4.18. The van der Waals surface area contributed by atoms with Gasteiger partial charge in [0.05, 0.1) is 15.5 Å². The zero-order valence-corrected chi connectivity index (χ0v) is 16.0. The quantitative estimate of drug-likeness (QED) is 0.294. The minimum absolute atomic E-state index is 0.0363. The van der Waals surface area contributed by atoms with Gasteiger partial charge in [-0.1, -0.05) is 6.07 Å². The van der Waals surface area contributed by atoms with Crippen molar-refractivity contribution in [1.29, 1.82) is 0 Å². The SMILES string of the molecule is O=[N+]([O-])c1ccc(-c2ccc3[nH]c4nc(-c5ccc([N+](=O)[O-])cc5)ccc4c3c2)cc1. The zero-order valence-electron chi connectivity index (χ0n) is 16.0. The summed E-state index contributed by atoms with van der Waals surface area (Å²) in [6, 6.07) is 22.5. The van der Waals surface area contributed by atoms with Crippen molar-refractivity contribution in [2.75, 3.05) is 0 Å². The van der Waals surface area contributed by atoms with Crippen LogP contribution in [-0.2, 0) is 0 Å². The van der Waals surface area contributed by atoms with Crippen LogP contribution in [0.1, 0.15) is 0 Å². The van der Waals surface area contributed by atoms with E-state index in [9.17, 15) is 20.2 Å². The molecule has 0 unspecified atom stereocenters. The van der Waals surface area contributed by atoms with E-state index in [1.165, 1.54) is 24.3 Å². The second-order valence-corrected chi connectivity index (χ2v) is 7.09. The first-order chi connectivity index (χ1) is 15.0. The second kappa shape index (κ2) is 7.03. The molecule has 150 valence electrons. The highest BCUT2D eigenvalue weighted by molar-refractivity contribution is 6.07. The zero-order chi connectivity index (χ0) is 21.5. The summed E-state index contributed by atoms with van der Waals surface area (Å²) in [6.07, 6.45) is 0. The van der Waals surface area contributed by atoms with E-state index in [-0.39, 0.29) is 11.4 Å². The van der Waals surface area contributed by atoms with Gasteiger partial charge < -0.3 is 4.98 Å². The average Bonchev–Trinajstić information content (AvgIpc) is 3.16. The van der Waals surface area contributed by atoms with Gasteiger partial charge in [0.25, 0.3) is 11.4 Å². The number of H-pyrrole nitrogens is 1. The Labute approximate surface area is 175 Å². The molecule has 3 aromatic carbocycles. The van der Waals surface area contributed by atoms with Crippen LogP contribution >= 0.6 is 0 Å². The minimum atomic E-state index is -0.430. The maximum absolute atomic E-state index is 10.9. The monoisotopic (exact) mass is 410 g/mol. The summed E-state index contributed by atoms with van der Waals surface area (Å²) in [6.45, 7) is 0. The Morgan fingerprint density at radius 2 is 1.23 bits per heavy atom. The van der Waals surface area contributed by atoms with Gasteiger partial charge in [-0.15, -0.1) is 0 Å². The second-order valence-electron chi connectivity index (χ2n) is 7.09. The van der Waals surface area contributed by atoms with Crippen molar-refractivity contribution >= 4 is 33.3 Å². The maximum Gasteiger partial charge on any atom is 0.269 e. The number of non-ortho nitro benzene ring substituents is 2. The lowest BCUT2D eigenvalue weighted by molar-refractivity contribution is -0.385. The van der Waals surface area contributed by atoms with E-state index in [2.05, 4.69) is 4.98 Å². The van der Waals surface area contributed by atoms with Crippen molar-refractivity contribution in [3.63, 3.8) is 0 Å². The van der Waals surface area contributed by atoms with Crippen molar-refractivity contribution in [1.82, 2.24) is 9.97 Å². The van der Waals surface area contributed by atoms with E-state index >= 15 is 0 Å². The van der Waals surface area contributed by atoms with Gasteiger partial charge in [0, 0.05) is 46.1 Å². The Morgan fingerprint density at radius 3 is 1.84 bits per heavy atom. The van der Waals surface area contributed by atoms with Gasteiger partial charge in [-0.25, -0.2) is 4.98 Å². The summed E-state index contributed by atoms with van der Waals surface area (Å²) >= 11 is 0. The highest BCUT2D eigenvalue weighted by atomic mass is 16.6. The van der Waals surface area contributed by atoms with Gasteiger partial charge in [0.15, 0.2) is 0 Å². The number of nitrogens with one attached hydrogen (secondary N) is 1. The lowest BCUT2D eigenvalue weighted by Crippen LogP contribution is -1.88. The van der Waals surface area contributed by atoms with Crippen LogP contribution in [0, 0.1) is 20.2 Å². The van der Waals surface area contributed by atoms with Gasteiger partial charge in [-0.05, 0) is 59.7 Å². The molecule has 1 N–H and O–H groups in total. The number of nitrogens with zero attached hydrogens (tertiary/aromatic N) is 3. The predicted molar refractivity (Wildman–Crippen MR) is 118 cm³/mol. The number of rotatable bonds is 4. The number of pyridine rings is 1. The first kappa shape index (κ1) is 18.4. The fourth-order valence-electron chi connectivity index (χ4n) is 3.65. The summed E-state index contributed by atoms with van der Waals surface area (Å²) in [5.74, 6) is 0. The van der Waals surface area contributed by atoms with Gasteiger partial charge in [0.2, 0.25) is 0 Å². The molecule has 8 heteroatoms. The Morgan fingerprint density at radius 1 is 0.645 bits per heavy atom. The number of aromatic nitrogens is 2. The molecule has 0 bridgehead atoms. The molecule has 0 amide bonds. The first-order valence-electron chi connectivity index (χ1n) is 9.42. The van der Waals surface area contributed by atoms with Crippen molar-refractivity contribution in [2.24, 2.45) is 0 Å². The molecule has 8 nitrogen and oxygen atoms in total. The summed E-state index contributed by atoms with van der Waals surface area (Å²) in [7, 11) is 0. The topological polar surface area (TPSA) is 115 Å². The third kappa shape index (κ3) is 3.25. The van der Waals surface area contributed by atoms with Gasteiger partial charge in [-0.2, -0.15) is 0 Å². The molecule has 31 heavy (non-hydrogen) atoms.